The fourth-order valence-electron chi connectivity index (χ4n) is 2.16. The molecule has 0 atom stereocenters. The van der Waals surface area contributed by atoms with Gasteiger partial charge < -0.3 is 11.1 Å². The van der Waals surface area contributed by atoms with Gasteiger partial charge in [-0.2, -0.15) is 5.10 Å². The van der Waals surface area contributed by atoms with Gasteiger partial charge in [0.2, 0.25) is 5.91 Å². The highest BCUT2D eigenvalue weighted by Gasteiger charge is 2.13. The van der Waals surface area contributed by atoms with E-state index in [0.29, 0.717) is 25.4 Å². The molecule has 0 aliphatic carbocycles. The predicted molar refractivity (Wildman–Crippen MR) is 84.2 cm³/mol. The van der Waals surface area contributed by atoms with Crippen molar-refractivity contribution in [2.75, 3.05) is 13.1 Å². The molecular formula is C14H27ClN4O. The predicted octanol–water partition coefficient (Wildman–Crippen LogP) is 1.59. The Bertz CT molecular complexity index is 429. The van der Waals surface area contributed by atoms with Gasteiger partial charge in [0.15, 0.2) is 0 Å². The summed E-state index contributed by atoms with van der Waals surface area (Å²) in [7, 11) is 0. The van der Waals surface area contributed by atoms with Crippen LogP contribution in [0.1, 0.15) is 37.2 Å². The first-order valence-corrected chi connectivity index (χ1v) is 6.95. The van der Waals surface area contributed by atoms with Crippen LogP contribution < -0.4 is 11.1 Å². The molecule has 3 N–H and O–H groups in total. The van der Waals surface area contributed by atoms with Crippen LogP contribution in [-0.4, -0.2) is 28.8 Å². The minimum absolute atomic E-state index is 0. The first-order valence-electron chi connectivity index (χ1n) is 6.95. The first-order chi connectivity index (χ1) is 8.95. The quantitative estimate of drug-likeness (QED) is 0.803. The monoisotopic (exact) mass is 302 g/mol. The number of nitrogens with two attached hydrogens (primary N) is 1. The molecule has 5 nitrogen and oxygen atoms in total. The number of nitrogens with zero attached hydrogens (tertiary/aromatic N) is 2. The van der Waals surface area contributed by atoms with Crippen molar-refractivity contribution < 1.29 is 4.79 Å². The van der Waals surface area contributed by atoms with Crippen LogP contribution >= 0.6 is 12.4 Å². The third-order valence-electron chi connectivity index (χ3n) is 3.14. The highest BCUT2D eigenvalue weighted by Crippen LogP contribution is 2.16. The maximum absolute atomic E-state index is 11.6. The molecule has 1 aromatic heterocycles. The fraction of sp³-hybridized carbons (Fsp3) is 0.714. The van der Waals surface area contributed by atoms with Crippen molar-refractivity contribution in [2.45, 2.75) is 47.1 Å². The average molecular weight is 303 g/mol. The summed E-state index contributed by atoms with van der Waals surface area (Å²) in [5.74, 6) is 0.625. The topological polar surface area (TPSA) is 72.9 Å². The van der Waals surface area contributed by atoms with Gasteiger partial charge in [-0.1, -0.05) is 13.8 Å². The zero-order valence-electron chi connectivity index (χ0n) is 12.9. The standard InChI is InChI=1S/C14H26N4O.ClH/c1-10(2)9-18-12(4)13(11(3)17-18)5-6-14(19)16-8-7-15;/h10H,5-9,15H2,1-4H3,(H,16,19);1H. The number of halogens is 1. The lowest BCUT2D eigenvalue weighted by Gasteiger charge is -2.08. The molecule has 0 bridgehead atoms. The lowest BCUT2D eigenvalue weighted by molar-refractivity contribution is -0.120. The summed E-state index contributed by atoms with van der Waals surface area (Å²) in [6.45, 7) is 10.4. The molecule has 1 aromatic rings. The van der Waals surface area contributed by atoms with Crippen molar-refractivity contribution in [1.82, 2.24) is 15.1 Å². The van der Waals surface area contributed by atoms with Crippen molar-refractivity contribution in [3.63, 3.8) is 0 Å². The van der Waals surface area contributed by atoms with Crippen molar-refractivity contribution in [3.05, 3.63) is 17.0 Å². The maximum Gasteiger partial charge on any atom is 0.220 e. The van der Waals surface area contributed by atoms with Gasteiger partial charge in [-0.15, -0.1) is 12.4 Å². The van der Waals surface area contributed by atoms with E-state index >= 15 is 0 Å². The smallest absolute Gasteiger partial charge is 0.220 e. The Labute approximate surface area is 127 Å². The molecule has 0 unspecified atom stereocenters. The molecule has 116 valence electrons. The van der Waals surface area contributed by atoms with Crippen LogP contribution in [0.5, 0.6) is 0 Å². The fourth-order valence-corrected chi connectivity index (χ4v) is 2.16. The molecule has 1 amide bonds. The van der Waals surface area contributed by atoms with E-state index in [1.54, 1.807) is 0 Å². The minimum atomic E-state index is 0. The van der Waals surface area contributed by atoms with E-state index in [4.69, 9.17) is 5.73 Å². The second-order valence-corrected chi connectivity index (χ2v) is 5.36. The van der Waals surface area contributed by atoms with Crippen LogP contribution in [0, 0.1) is 19.8 Å². The summed E-state index contributed by atoms with van der Waals surface area (Å²) in [6.07, 6.45) is 1.24. The zero-order chi connectivity index (χ0) is 14.4. The van der Waals surface area contributed by atoms with Gasteiger partial charge in [-0.05, 0) is 31.7 Å². The molecule has 0 aliphatic heterocycles. The Morgan fingerprint density at radius 1 is 1.40 bits per heavy atom. The average Bonchev–Trinajstić information content (AvgIpc) is 2.59. The molecule has 6 heteroatoms. The van der Waals surface area contributed by atoms with E-state index in [1.165, 1.54) is 11.3 Å². The Morgan fingerprint density at radius 3 is 2.60 bits per heavy atom. The number of carbonyl (C=O) groups excluding carboxylic acids is 1. The number of hydrogen-bond donors (Lipinski definition) is 2. The molecule has 1 heterocycles. The van der Waals surface area contributed by atoms with E-state index in [2.05, 4.69) is 31.2 Å². The van der Waals surface area contributed by atoms with Crippen molar-refractivity contribution in [2.24, 2.45) is 11.7 Å². The van der Waals surface area contributed by atoms with Crippen molar-refractivity contribution in [3.8, 4) is 0 Å². The Balaban J connectivity index is 0.00000361. The summed E-state index contributed by atoms with van der Waals surface area (Å²) >= 11 is 0. The normalized spacial score (nSPS) is 10.5. The van der Waals surface area contributed by atoms with Crippen LogP contribution in [0.15, 0.2) is 0 Å². The number of aryl methyl sites for hydroxylation is 1. The minimum Gasteiger partial charge on any atom is -0.355 e. The van der Waals surface area contributed by atoms with Gasteiger partial charge in [0.1, 0.15) is 0 Å². The van der Waals surface area contributed by atoms with Gasteiger partial charge in [-0.25, -0.2) is 0 Å². The van der Waals surface area contributed by atoms with Gasteiger partial charge in [-0.3, -0.25) is 9.48 Å². The van der Waals surface area contributed by atoms with Crippen LogP contribution in [0.25, 0.3) is 0 Å². The van der Waals surface area contributed by atoms with E-state index in [0.717, 1.165) is 18.7 Å². The number of nitrogens with one attached hydrogen (secondary N) is 1. The van der Waals surface area contributed by atoms with Gasteiger partial charge in [0, 0.05) is 31.7 Å². The number of hydrogen-bond acceptors (Lipinski definition) is 3. The lowest BCUT2D eigenvalue weighted by Crippen LogP contribution is -2.29. The van der Waals surface area contributed by atoms with Crippen LogP contribution in [0.4, 0.5) is 0 Å². The lowest BCUT2D eigenvalue weighted by atomic mass is 10.1. The second-order valence-electron chi connectivity index (χ2n) is 5.36. The van der Waals surface area contributed by atoms with Gasteiger partial charge in [0.05, 0.1) is 5.69 Å². The number of amides is 1. The third kappa shape index (κ3) is 5.51. The SMILES string of the molecule is Cc1nn(CC(C)C)c(C)c1CCC(=O)NCCN.Cl. The number of carbonyl (C=O) groups is 1. The largest absolute Gasteiger partial charge is 0.355 e. The summed E-state index contributed by atoms with van der Waals surface area (Å²) in [5.41, 5.74) is 8.76. The Hall–Kier alpha value is -1.07. The summed E-state index contributed by atoms with van der Waals surface area (Å²) in [4.78, 5) is 11.6. The molecule has 0 aliphatic rings. The highest BCUT2D eigenvalue weighted by molar-refractivity contribution is 5.85. The van der Waals surface area contributed by atoms with E-state index in [-0.39, 0.29) is 18.3 Å². The Kier molecular flexibility index (Phi) is 8.49. The van der Waals surface area contributed by atoms with E-state index in [9.17, 15) is 4.79 Å². The summed E-state index contributed by atoms with van der Waals surface area (Å²) in [5, 5.41) is 7.34. The number of rotatable bonds is 7. The zero-order valence-corrected chi connectivity index (χ0v) is 13.7. The summed E-state index contributed by atoms with van der Waals surface area (Å²) < 4.78 is 2.05. The maximum atomic E-state index is 11.6. The summed E-state index contributed by atoms with van der Waals surface area (Å²) in [6, 6.07) is 0. The first kappa shape index (κ1) is 18.9. The Morgan fingerprint density at radius 2 is 2.05 bits per heavy atom. The molecular weight excluding hydrogens is 276 g/mol. The van der Waals surface area contributed by atoms with Crippen LogP contribution in [0.2, 0.25) is 0 Å². The molecule has 20 heavy (non-hydrogen) atoms. The van der Waals surface area contributed by atoms with Crippen LogP contribution in [-0.2, 0) is 17.8 Å². The molecule has 0 saturated carbocycles. The van der Waals surface area contributed by atoms with Crippen molar-refractivity contribution in [1.29, 1.82) is 0 Å². The molecule has 0 saturated heterocycles. The van der Waals surface area contributed by atoms with Gasteiger partial charge >= 0.3 is 0 Å². The number of aromatic nitrogens is 2. The molecule has 0 spiro atoms. The van der Waals surface area contributed by atoms with E-state index < -0.39 is 0 Å². The third-order valence-corrected chi connectivity index (χ3v) is 3.14. The van der Waals surface area contributed by atoms with Crippen LogP contribution in [0.3, 0.4) is 0 Å². The molecule has 1 rings (SSSR count). The van der Waals surface area contributed by atoms with Gasteiger partial charge in [0.25, 0.3) is 0 Å². The molecule has 0 aromatic carbocycles. The molecule has 0 fully saturated rings. The molecule has 0 radical (unpaired) electrons. The van der Waals surface area contributed by atoms with Crippen molar-refractivity contribution >= 4 is 18.3 Å². The van der Waals surface area contributed by atoms with E-state index in [1.807, 2.05) is 11.6 Å². The highest BCUT2D eigenvalue weighted by atomic mass is 35.5. The second kappa shape index (κ2) is 8.97.